The summed E-state index contributed by atoms with van der Waals surface area (Å²) < 4.78 is 1.11. The van der Waals surface area contributed by atoms with Crippen molar-refractivity contribution in [1.29, 1.82) is 0 Å². The quantitative estimate of drug-likeness (QED) is 0.822. The van der Waals surface area contributed by atoms with Crippen molar-refractivity contribution in [1.82, 2.24) is 5.32 Å². The molecule has 1 N–H and O–H groups in total. The van der Waals surface area contributed by atoms with Crippen LogP contribution in [0.2, 0.25) is 0 Å². The molecule has 0 radical (unpaired) electrons. The van der Waals surface area contributed by atoms with Gasteiger partial charge < -0.3 is 5.32 Å². The van der Waals surface area contributed by atoms with Gasteiger partial charge in [-0.05, 0) is 31.5 Å². The van der Waals surface area contributed by atoms with Gasteiger partial charge in [0.15, 0.2) is 0 Å². The van der Waals surface area contributed by atoms with E-state index in [9.17, 15) is 0 Å². The molecule has 80 valence electrons. The van der Waals surface area contributed by atoms with Crippen LogP contribution in [0.5, 0.6) is 0 Å². The summed E-state index contributed by atoms with van der Waals surface area (Å²) in [7, 11) is 0. The van der Waals surface area contributed by atoms with Gasteiger partial charge in [-0.15, -0.1) is 12.3 Å². The standard InChI is InChI=1S/C13H16BrN/c1-4-5-10(2)15-11(3)12-6-8-13(14)9-7-12/h1,6-11,15H,5H2,2-3H3. The summed E-state index contributed by atoms with van der Waals surface area (Å²) in [5, 5.41) is 3.46. The Labute approximate surface area is 100 Å². The minimum Gasteiger partial charge on any atom is -0.307 e. The predicted molar refractivity (Wildman–Crippen MR) is 68.6 cm³/mol. The summed E-state index contributed by atoms with van der Waals surface area (Å²) in [5.41, 5.74) is 1.28. The Morgan fingerprint density at radius 1 is 1.33 bits per heavy atom. The Balaban J connectivity index is 2.57. The van der Waals surface area contributed by atoms with Gasteiger partial charge in [0, 0.05) is 23.0 Å². The van der Waals surface area contributed by atoms with E-state index < -0.39 is 0 Å². The molecule has 2 heteroatoms. The minimum absolute atomic E-state index is 0.335. The maximum absolute atomic E-state index is 5.27. The maximum atomic E-state index is 5.27. The van der Waals surface area contributed by atoms with Crippen LogP contribution in [0.1, 0.15) is 31.9 Å². The number of rotatable bonds is 4. The summed E-state index contributed by atoms with van der Waals surface area (Å²) in [5.74, 6) is 2.66. The van der Waals surface area contributed by atoms with Crippen LogP contribution >= 0.6 is 15.9 Å². The van der Waals surface area contributed by atoms with Crippen molar-refractivity contribution < 1.29 is 0 Å². The van der Waals surface area contributed by atoms with E-state index in [1.807, 2.05) is 0 Å². The highest BCUT2D eigenvalue weighted by molar-refractivity contribution is 9.10. The van der Waals surface area contributed by atoms with Crippen LogP contribution in [-0.2, 0) is 0 Å². The number of nitrogens with one attached hydrogen (secondary N) is 1. The molecule has 0 spiro atoms. The summed E-state index contributed by atoms with van der Waals surface area (Å²) in [6.45, 7) is 4.26. The van der Waals surface area contributed by atoms with E-state index in [1.165, 1.54) is 5.56 Å². The van der Waals surface area contributed by atoms with Crippen molar-refractivity contribution in [2.24, 2.45) is 0 Å². The minimum atomic E-state index is 0.335. The first kappa shape index (κ1) is 12.3. The van der Waals surface area contributed by atoms with Crippen molar-refractivity contribution in [3.8, 4) is 12.3 Å². The molecule has 2 atom stereocenters. The molecular weight excluding hydrogens is 250 g/mol. The zero-order chi connectivity index (χ0) is 11.3. The Hall–Kier alpha value is -0.780. The summed E-state index contributed by atoms with van der Waals surface area (Å²) in [4.78, 5) is 0. The number of hydrogen-bond donors (Lipinski definition) is 1. The molecule has 0 heterocycles. The SMILES string of the molecule is C#CCC(C)NC(C)c1ccc(Br)cc1. The highest BCUT2D eigenvalue weighted by Crippen LogP contribution is 2.17. The largest absolute Gasteiger partial charge is 0.307 e. The predicted octanol–water partition coefficient (Wildman–Crippen LogP) is 3.51. The summed E-state index contributed by atoms with van der Waals surface area (Å²) in [6, 6.07) is 9.03. The van der Waals surface area contributed by atoms with Crippen LogP contribution in [0.15, 0.2) is 28.7 Å². The zero-order valence-corrected chi connectivity index (χ0v) is 10.7. The lowest BCUT2D eigenvalue weighted by Gasteiger charge is -2.18. The van der Waals surface area contributed by atoms with E-state index >= 15 is 0 Å². The van der Waals surface area contributed by atoms with Crippen molar-refractivity contribution in [3.05, 3.63) is 34.3 Å². The highest BCUT2D eigenvalue weighted by Gasteiger charge is 2.07. The second-order valence-electron chi connectivity index (χ2n) is 3.75. The first-order valence-electron chi connectivity index (χ1n) is 5.08. The molecule has 1 aromatic rings. The Bertz CT molecular complexity index is 337. The second-order valence-corrected chi connectivity index (χ2v) is 4.66. The van der Waals surface area contributed by atoms with Gasteiger partial charge in [0.1, 0.15) is 0 Å². The van der Waals surface area contributed by atoms with Gasteiger partial charge in [-0.2, -0.15) is 0 Å². The van der Waals surface area contributed by atoms with E-state index in [-0.39, 0.29) is 0 Å². The third-order valence-electron chi connectivity index (χ3n) is 2.33. The van der Waals surface area contributed by atoms with Crippen LogP contribution in [-0.4, -0.2) is 6.04 Å². The summed E-state index contributed by atoms with van der Waals surface area (Å²) in [6.07, 6.45) is 6.03. The van der Waals surface area contributed by atoms with Crippen LogP contribution in [0, 0.1) is 12.3 Å². The van der Waals surface area contributed by atoms with E-state index in [4.69, 9.17) is 6.42 Å². The number of terminal acetylenes is 1. The Morgan fingerprint density at radius 3 is 2.47 bits per heavy atom. The lowest BCUT2D eigenvalue weighted by Crippen LogP contribution is -2.28. The van der Waals surface area contributed by atoms with Crippen molar-refractivity contribution in [3.63, 3.8) is 0 Å². The van der Waals surface area contributed by atoms with Gasteiger partial charge in [-0.25, -0.2) is 0 Å². The van der Waals surface area contributed by atoms with Crippen molar-refractivity contribution in [2.45, 2.75) is 32.4 Å². The molecule has 15 heavy (non-hydrogen) atoms. The molecule has 1 nitrogen and oxygen atoms in total. The van der Waals surface area contributed by atoms with Crippen molar-refractivity contribution >= 4 is 15.9 Å². The Kier molecular flexibility index (Phi) is 4.87. The summed E-state index contributed by atoms with van der Waals surface area (Å²) >= 11 is 3.42. The molecule has 2 unspecified atom stereocenters. The number of hydrogen-bond acceptors (Lipinski definition) is 1. The van der Waals surface area contributed by atoms with Gasteiger partial charge in [0.25, 0.3) is 0 Å². The first-order valence-corrected chi connectivity index (χ1v) is 5.87. The molecule has 0 fully saturated rings. The lowest BCUT2D eigenvalue weighted by atomic mass is 10.1. The third kappa shape index (κ3) is 4.07. The number of benzene rings is 1. The van der Waals surface area contributed by atoms with Crippen LogP contribution in [0.3, 0.4) is 0 Å². The van der Waals surface area contributed by atoms with Crippen LogP contribution in [0.4, 0.5) is 0 Å². The second kappa shape index (κ2) is 5.95. The lowest BCUT2D eigenvalue weighted by molar-refractivity contribution is 0.486. The first-order chi connectivity index (χ1) is 7.13. The fraction of sp³-hybridized carbons (Fsp3) is 0.385. The fourth-order valence-electron chi connectivity index (χ4n) is 1.51. The van der Waals surface area contributed by atoms with Gasteiger partial charge in [-0.3, -0.25) is 0 Å². The van der Waals surface area contributed by atoms with Gasteiger partial charge in [0.05, 0.1) is 0 Å². The fourth-order valence-corrected chi connectivity index (χ4v) is 1.77. The average molecular weight is 266 g/mol. The van der Waals surface area contributed by atoms with Gasteiger partial charge in [-0.1, -0.05) is 28.1 Å². The monoisotopic (exact) mass is 265 g/mol. The molecule has 1 rings (SSSR count). The highest BCUT2D eigenvalue weighted by atomic mass is 79.9. The topological polar surface area (TPSA) is 12.0 Å². The molecule has 0 bridgehead atoms. The van der Waals surface area contributed by atoms with E-state index in [0.717, 1.165) is 10.9 Å². The molecule has 0 aliphatic heterocycles. The van der Waals surface area contributed by atoms with E-state index in [0.29, 0.717) is 12.1 Å². The average Bonchev–Trinajstić information content (AvgIpc) is 2.18. The molecule has 0 saturated heterocycles. The molecule has 1 aromatic carbocycles. The molecule has 0 amide bonds. The third-order valence-corrected chi connectivity index (χ3v) is 2.86. The molecule has 0 saturated carbocycles. The zero-order valence-electron chi connectivity index (χ0n) is 9.13. The van der Waals surface area contributed by atoms with E-state index in [1.54, 1.807) is 0 Å². The van der Waals surface area contributed by atoms with Gasteiger partial charge >= 0.3 is 0 Å². The van der Waals surface area contributed by atoms with E-state index in [2.05, 4.69) is 65.3 Å². The van der Waals surface area contributed by atoms with Crippen molar-refractivity contribution in [2.75, 3.05) is 0 Å². The smallest absolute Gasteiger partial charge is 0.0294 e. The molecular formula is C13H16BrN. The van der Waals surface area contributed by atoms with Gasteiger partial charge in [0.2, 0.25) is 0 Å². The maximum Gasteiger partial charge on any atom is 0.0294 e. The molecule has 0 aromatic heterocycles. The van der Waals surface area contributed by atoms with Crippen LogP contribution in [0.25, 0.3) is 0 Å². The Morgan fingerprint density at radius 2 is 1.93 bits per heavy atom. The molecule has 0 aliphatic carbocycles. The number of halogens is 1. The normalized spacial score (nSPS) is 14.3. The molecule has 0 aliphatic rings. The van der Waals surface area contributed by atoms with Crippen LogP contribution < -0.4 is 5.32 Å².